The number of alkyl halides is 3. The van der Waals surface area contributed by atoms with Crippen LogP contribution in [0, 0.1) is 0 Å². The molecule has 0 aromatic carbocycles. The monoisotopic (exact) mass is 188 g/mol. The number of furan rings is 1. The molecule has 1 aromatic rings. The molecule has 68 valence electrons. The summed E-state index contributed by atoms with van der Waals surface area (Å²) in [5.41, 5.74) is -1.10. The van der Waals surface area contributed by atoms with Crippen LogP contribution in [-0.2, 0) is 6.18 Å². The summed E-state index contributed by atoms with van der Waals surface area (Å²) in [7, 11) is 0. The van der Waals surface area contributed by atoms with Gasteiger partial charge in [0.05, 0.1) is 5.56 Å². The van der Waals surface area contributed by atoms with E-state index in [1.807, 2.05) is 0 Å². The van der Waals surface area contributed by atoms with Gasteiger partial charge in [-0.3, -0.25) is 0 Å². The number of rotatable bonds is 1. The maximum absolute atomic E-state index is 11.8. The Hall–Kier alpha value is -0.863. The van der Waals surface area contributed by atoms with Crippen molar-refractivity contribution in [3.05, 3.63) is 23.7 Å². The first kappa shape index (κ1) is 12.1. The van der Waals surface area contributed by atoms with Gasteiger partial charge in [-0.25, -0.2) is 4.79 Å². The van der Waals surface area contributed by atoms with Gasteiger partial charge in [-0.2, -0.15) is 13.2 Å². The van der Waals surface area contributed by atoms with Gasteiger partial charge in [0.15, 0.2) is 0 Å². The number of aromatic carboxylic acids is 1. The van der Waals surface area contributed by atoms with Crippen molar-refractivity contribution in [1.82, 2.24) is 0 Å². The number of carboxylic acid groups (broad SMARTS) is 1. The first-order valence-electron chi connectivity index (χ1n) is 2.80. The fraction of sp³-hybridized carbons (Fsp3) is 0.167. The zero-order chi connectivity index (χ0) is 9.35. The molecule has 0 aliphatic rings. The van der Waals surface area contributed by atoms with Crippen LogP contribution in [0.25, 0.3) is 0 Å². The van der Waals surface area contributed by atoms with Gasteiger partial charge in [0.1, 0.15) is 6.26 Å². The number of hydrogen-bond donors (Lipinski definition) is 1. The average Bonchev–Trinajstić information content (AvgIpc) is 2.30. The molecule has 0 saturated heterocycles. The van der Waals surface area contributed by atoms with E-state index in [1.54, 1.807) is 0 Å². The maximum Gasteiger partial charge on any atom is 1.00 e. The Balaban J connectivity index is 0. The van der Waals surface area contributed by atoms with E-state index in [-0.39, 0.29) is 20.3 Å². The predicted octanol–water partition coefficient (Wildman–Crippen LogP) is -0.887. The Bertz CT molecular complexity index is 310. The number of halogens is 3. The Morgan fingerprint density at radius 1 is 1.54 bits per heavy atom. The second-order valence-corrected chi connectivity index (χ2v) is 2.00. The molecule has 0 radical (unpaired) electrons. The van der Waals surface area contributed by atoms with Crippen molar-refractivity contribution in [2.75, 3.05) is 0 Å². The van der Waals surface area contributed by atoms with Gasteiger partial charge < -0.3 is 11.0 Å². The molecule has 0 amide bonds. The molecule has 0 aliphatic heterocycles. The van der Waals surface area contributed by atoms with Crippen LogP contribution in [0.1, 0.15) is 17.5 Å². The largest absolute Gasteiger partial charge is 1.00 e. The van der Waals surface area contributed by atoms with Crippen LogP contribution in [0.5, 0.6) is 0 Å². The van der Waals surface area contributed by atoms with Gasteiger partial charge in [-0.1, -0.05) is 0 Å². The quantitative estimate of drug-likeness (QED) is 0.582. The van der Waals surface area contributed by atoms with E-state index in [0.29, 0.717) is 12.3 Å². The average molecular weight is 188 g/mol. The van der Waals surface area contributed by atoms with Gasteiger partial charge in [0.25, 0.3) is 0 Å². The van der Waals surface area contributed by atoms with Gasteiger partial charge >= 0.3 is 31.0 Å². The Kier molecular flexibility index (Phi) is 3.64. The molecule has 0 atom stereocenters. The van der Waals surface area contributed by atoms with Crippen molar-refractivity contribution in [1.29, 1.82) is 0 Å². The van der Waals surface area contributed by atoms with Crippen molar-refractivity contribution < 1.29 is 47.8 Å². The molecule has 13 heavy (non-hydrogen) atoms. The summed E-state index contributed by atoms with van der Waals surface area (Å²) >= 11 is 0. The molecule has 0 fully saturated rings. The Labute approximate surface area is 84.2 Å². The third-order valence-electron chi connectivity index (χ3n) is 1.14. The molecule has 0 unspecified atom stereocenters. The molecule has 0 saturated carbocycles. The molecule has 0 spiro atoms. The SMILES string of the molecule is O=C(O)c1cc(C(F)(F)F)co1.[H-].[Li+]. The van der Waals surface area contributed by atoms with Crippen LogP contribution in [0.15, 0.2) is 16.7 Å². The van der Waals surface area contributed by atoms with E-state index in [2.05, 4.69) is 4.42 Å². The maximum atomic E-state index is 11.8. The number of carbonyl (C=O) groups is 1. The first-order chi connectivity index (χ1) is 5.41. The van der Waals surface area contributed by atoms with Crippen LogP contribution in [0.4, 0.5) is 13.2 Å². The summed E-state index contributed by atoms with van der Waals surface area (Å²) in [6.45, 7) is 0. The molecule has 0 bridgehead atoms. The predicted molar refractivity (Wildman–Crippen MR) is 31.8 cm³/mol. The minimum absolute atomic E-state index is 0. The zero-order valence-corrected chi connectivity index (χ0v) is 6.55. The normalized spacial score (nSPS) is 10.7. The minimum atomic E-state index is -4.56. The van der Waals surface area contributed by atoms with Crippen molar-refractivity contribution >= 4 is 5.97 Å². The van der Waals surface area contributed by atoms with Gasteiger partial charge in [-0.05, 0) is 0 Å². The fourth-order valence-corrected chi connectivity index (χ4v) is 0.597. The minimum Gasteiger partial charge on any atom is -1.00 e. The summed E-state index contributed by atoms with van der Waals surface area (Å²) in [6.07, 6.45) is -4.19. The van der Waals surface area contributed by atoms with Crippen LogP contribution < -0.4 is 18.9 Å². The summed E-state index contributed by atoms with van der Waals surface area (Å²) in [5, 5.41) is 8.20. The number of carboxylic acids is 1. The van der Waals surface area contributed by atoms with Crippen molar-refractivity contribution in [2.45, 2.75) is 6.18 Å². The number of hydrogen-bond acceptors (Lipinski definition) is 2. The molecule has 1 rings (SSSR count). The Morgan fingerprint density at radius 3 is 2.31 bits per heavy atom. The van der Waals surface area contributed by atoms with E-state index in [1.165, 1.54) is 0 Å². The van der Waals surface area contributed by atoms with Crippen LogP contribution >= 0.6 is 0 Å². The molecule has 1 N–H and O–H groups in total. The van der Waals surface area contributed by atoms with Gasteiger partial charge in [-0.15, -0.1) is 0 Å². The van der Waals surface area contributed by atoms with E-state index in [4.69, 9.17) is 5.11 Å². The first-order valence-corrected chi connectivity index (χ1v) is 2.80. The van der Waals surface area contributed by atoms with Crippen LogP contribution in [0.2, 0.25) is 0 Å². The smallest absolute Gasteiger partial charge is 1.00 e. The molecule has 1 aromatic heterocycles. The van der Waals surface area contributed by atoms with Gasteiger partial charge in [0.2, 0.25) is 5.76 Å². The van der Waals surface area contributed by atoms with Gasteiger partial charge in [0, 0.05) is 6.07 Å². The van der Waals surface area contributed by atoms with E-state index in [9.17, 15) is 18.0 Å². The second-order valence-electron chi connectivity index (χ2n) is 2.00. The standard InChI is InChI=1S/C6H3F3O3.Li.H/c7-6(8,9)3-1-4(5(10)11)12-2-3;;/h1-2H,(H,10,11);;/q;+1;-1. The van der Waals surface area contributed by atoms with Crippen molar-refractivity contribution in [3.8, 4) is 0 Å². The molecular weight excluding hydrogens is 184 g/mol. The second kappa shape index (κ2) is 3.90. The molecule has 0 aliphatic carbocycles. The summed E-state index contributed by atoms with van der Waals surface area (Å²) in [4.78, 5) is 10.1. The van der Waals surface area contributed by atoms with E-state index < -0.39 is 23.5 Å². The summed E-state index contributed by atoms with van der Waals surface area (Å²) < 4.78 is 39.6. The van der Waals surface area contributed by atoms with Crippen LogP contribution in [-0.4, -0.2) is 11.1 Å². The summed E-state index contributed by atoms with van der Waals surface area (Å²) in [5.74, 6) is -2.24. The van der Waals surface area contributed by atoms with Crippen molar-refractivity contribution in [3.63, 3.8) is 0 Å². The molecule has 3 nitrogen and oxygen atoms in total. The van der Waals surface area contributed by atoms with E-state index in [0.717, 1.165) is 0 Å². The summed E-state index contributed by atoms with van der Waals surface area (Å²) in [6, 6.07) is 0.433. The molecule has 1 heterocycles. The van der Waals surface area contributed by atoms with Crippen molar-refractivity contribution in [2.24, 2.45) is 0 Å². The third-order valence-corrected chi connectivity index (χ3v) is 1.14. The topological polar surface area (TPSA) is 50.4 Å². The molecular formula is C6H4F3LiO3. The fourth-order valence-electron chi connectivity index (χ4n) is 0.597. The zero-order valence-electron chi connectivity index (χ0n) is 7.55. The Morgan fingerprint density at radius 2 is 2.08 bits per heavy atom. The third kappa shape index (κ3) is 2.83. The van der Waals surface area contributed by atoms with Crippen LogP contribution in [0.3, 0.4) is 0 Å². The van der Waals surface area contributed by atoms with E-state index >= 15 is 0 Å². The molecule has 7 heteroatoms.